The summed E-state index contributed by atoms with van der Waals surface area (Å²) in [6, 6.07) is 3.29. The molecule has 0 radical (unpaired) electrons. The van der Waals surface area contributed by atoms with Gasteiger partial charge in [-0.3, -0.25) is 10.1 Å². The molecule has 2 atom stereocenters. The Bertz CT molecular complexity index is 566. The molecule has 1 aromatic carbocycles. The van der Waals surface area contributed by atoms with Crippen molar-refractivity contribution in [1.29, 1.82) is 0 Å². The Morgan fingerprint density at radius 3 is 2.67 bits per heavy atom. The van der Waals surface area contributed by atoms with Gasteiger partial charge in [-0.05, 0) is 18.0 Å². The molecular weight excluding hydrogens is 284 g/mol. The second-order valence-corrected chi connectivity index (χ2v) is 4.06. The van der Waals surface area contributed by atoms with E-state index in [9.17, 15) is 25.1 Å². The molecule has 112 valence electrons. The minimum atomic E-state index is -1.79. The first-order valence-electron chi connectivity index (χ1n) is 5.77. The van der Waals surface area contributed by atoms with E-state index in [-0.39, 0.29) is 13.0 Å². The molecule has 0 aromatic heterocycles. The van der Waals surface area contributed by atoms with Gasteiger partial charge in [-0.15, -0.1) is 0 Å². The molecule has 0 aliphatic carbocycles. The van der Waals surface area contributed by atoms with Crippen molar-refractivity contribution in [3.8, 4) is 0 Å². The third kappa shape index (κ3) is 3.89. The summed E-state index contributed by atoms with van der Waals surface area (Å²) in [4.78, 5) is 23.7. The quantitative estimate of drug-likeness (QED) is 0.225. The maximum atomic E-state index is 11.1. The molecule has 21 heavy (non-hydrogen) atoms. The summed E-state index contributed by atoms with van der Waals surface area (Å²) in [5.74, 6) is -1.46. The molecule has 0 heterocycles. The molecular formula is C11H12N4O6. The van der Waals surface area contributed by atoms with Crippen molar-refractivity contribution in [3.05, 3.63) is 49.9 Å². The summed E-state index contributed by atoms with van der Waals surface area (Å²) >= 11 is 0. The van der Waals surface area contributed by atoms with Crippen LogP contribution in [-0.2, 0) is 0 Å². The molecule has 0 amide bonds. The van der Waals surface area contributed by atoms with Crippen LogP contribution in [0.15, 0.2) is 23.3 Å². The number of benzene rings is 1. The van der Waals surface area contributed by atoms with E-state index in [1.807, 2.05) is 0 Å². The average Bonchev–Trinajstić information content (AvgIpc) is 2.45. The number of nitro groups is 1. The highest BCUT2D eigenvalue weighted by Crippen LogP contribution is 2.31. The molecule has 0 fully saturated rings. The Balaban J connectivity index is 3.22. The van der Waals surface area contributed by atoms with Gasteiger partial charge in [0.1, 0.15) is 6.10 Å². The van der Waals surface area contributed by atoms with Crippen molar-refractivity contribution < 1.29 is 25.0 Å². The molecule has 0 saturated carbocycles. The highest BCUT2D eigenvalue weighted by Gasteiger charge is 2.31. The lowest BCUT2D eigenvalue weighted by Gasteiger charge is -2.19. The maximum Gasteiger partial charge on any atom is 0.336 e. The first kappa shape index (κ1) is 16.4. The predicted octanol–water partition coefficient (Wildman–Crippen LogP) is 1.39. The topological polar surface area (TPSA) is 170 Å². The number of aliphatic hydroxyl groups excluding tert-OH is 2. The van der Waals surface area contributed by atoms with Crippen LogP contribution in [0.4, 0.5) is 5.69 Å². The first-order chi connectivity index (χ1) is 9.90. The van der Waals surface area contributed by atoms with E-state index >= 15 is 0 Å². The Hall–Kier alpha value is -2.68. The fourth-order valence-corrected chi connectivity index (χ4v) is 1.79. The van der Waals surface area contributed by atoms with Gasteiger partial charge in [-0.25, -0.2) is 4.79 Å². The highest BCUT2D eigenvalue weighted by atomic mass is 16.6. The standard InChI is InChI=1S/C11H12N4O6/c12-14-13-5-4-8(16)10(17)9-6(11(18)19)2-1-3-7(9)15(20)21/h1-3,8,10,16-17H,4-5H2,(H,18,19). The lowest BCUT2D eigenvalue weighted by molar-refractivity contribution is -0.386. The molecule has 0 saturated heterocycles. The third-order valence-electron chi connectivity index (χ3n) is 2.76. The molecule has 2 unspecified atom stereocenters. The minimum absolute atomic E-state index is 0.141. The van der Waals surface area contributed by atoms with Crippen molar-refractivity contribution in [2.75, 3.05) is 6.54 Å². The van der Waals surface area contributed by atoms with E-state index in [4.69, 9.17) is 10.6 Å². The smallest absolute Gasteiger partial charge is 0.336 e. The van der Waals surface area contributed by atoms with Crippen LogP contribution in [0.2, 0.25) is 0 Å². The average molecular weight is 296 g/mol. The van der Waals surface area contributed by atoms with Crippen LogP contribution in [0.5, 0.6) is 0 Å². The van der Waals surface area contributed by atoms with Crippen molar-refractivity contribution >= 4 is 11.7 Å². The molecule has 0 bridgehead atoms. The fraction of sp³-hybridized carbons (Fsp3) is 0.364. The highest BCUT2D eigenvalue weighted by molar-refractivity contribution is 5.91. The molecule has 0 aliphatic heterocycles. The lowest BCUT2D eigenvalue weighted by Crippen LogP contribution is -2.22. The molecule has 1 rings (SSSR count). The molecule has 10 nitrogen and oxygen atoms in total. The Morgan fingerprint density at radius 1 is 1.48 bits per heavy atom. The minimum Gasteiger partial charge on any atom is -0.478 e. The molecule has 1 aromatic rings. The van der Waals surface area contributed by atoms with Crippen LogP contribution in [0.3, 0.4) is 0 Å². The third-order valence-corrected chi connectivity index (χ3v) is 2.76. The summed E-state index contributed by atoms with van der Waals surface area (Å²) < 4.78 is 0. The van der Waals surface area contributed by atoms with Crippen LogP contribution < -0.4 is 0 Å². The lowest BCUT2D eigenvalue weighted by atomic mass is 9.95. The van der Waals surface area contributed by atoms with Crippen LogP contribution in [0.25, 0.3) is 10.4 Å². The number of hydrogen-bond acceptors (Lipinski definition) is 6. The Morgan fingerprint density at radius 2 is 2.14 bits per heavy atom. The first-order valence-corrected chi connectivity index (χ1v) is 5.77. The SMILES string of the molecule is [N-]=[N+]=NCCC(O)C(O)c1c(C(=O)O)cccc1[N+](=O)[O-]. The zero-order valence-electron chi connectivity index (χ0n) is 10.7. The van der Waals surface area contributed by atoms with Gasteiger partial charge >= 0.3 is 5.97 Å². The summed E-state index contributed by atoms with van der Waals surface area (Å²) in [5.41, 5.74) is 6.55. The van der Waals surface area contributed by atoms with E-state index in [0.29, 0.717) is 0 Å². The van der Waals surface area contributed by atoms with E-state index in [0.717, 1.165) is 12.1 Å². The summed E-state index contributed by atoms with van der Waals surface area (Å²) in [7, 11) is 0. The molecule has 0 aliphatic rings. The summed E-state index contributed by atoms with van der Waals surface area (Å²) in [6.07, 6.45) is -3.46. The molecule has 0 spiro atoms. The number of azide groups is 1. The van der Waals surface area contributed by atoms with Gasteiger partial charge in [0, 0.05) is 17.5 Å². The largest absolute Gasteiger partial charge is 0.478 e. The second-order valence-electron chi connectivity index (χ2n) is 4.06. The summed E-state index contributed by atoms with van der Waals surface area (Å²) in [6.45, 7) is -0.141. The van der Waals surface area contributed by atoms with Crippen LogP contribution in [-0.4, -0.2) is 38.9 Å². The van der Waals surface area contributed by atoms with Crippen molar-refractivity contribution in [1.82, 2.24) is 0 Å². The van der Waals surface area contributed by atoms with Crippen molar-refractivity contribution in [2.24, 2.45) is 5.11 Å². The van der Waals surface area contributed by atoms with E-state index in [1.165, 1.54) is 6.07 Å². The number of aromatic carboxylic acids is 1. The van der Waals surface area contributed by atoms with Crippen molar-refractivity contribution in [2.45, 2.75) is 18.6 Å². The van der Waals surface area contributed by atoms with Crippen LogP contribution in [0.1, 0.15) is 28.4 Å². The van der Waals surface area contributed by atoms with Gasteiger partial charge in [-0.2, -0.15) is 0 Å². The summed E-state index contributed by atoms with van der Waals surface area (Å²) in [5, 5.41) is 42.9. The number of carboxylic acid groups (broad SMARTS) is 1. The zero-order valence-corrected chi connectivity index (χ0v) is 10.7. The second kappa shape index (κ2) is 7.20. The van der Waals surface area contributed by atoms with Gasteiger partial charge < -0.3 is 15.3 Å². The van der Waals surface area contributed by atoms with Gasteiger partial charge in [0.05, 0.1) is 22.2 Å². The van der Waals surface area contributed by atoms with Gasteiger partial charge in [-0.1, -0.05) is 11.2 Å². The van der Waals surface area contributed by atoms with Gasteiger partial charge in [0.15, 0.2) is 0 Å². The van der Waals surface area contributed by atoms with Crippen LogP contribution in [0, 0.1) is 10.1 Å². The monoisotopic (exact) mass is 296 g/mol. The number of aliphatic hydroxyl groups is 2. The maximum absolute atomic E-state index is 11.1. The van der Waals surface area contributed by atoms with Crippen LogP contribution >= 0.6 is 0 Å². The molecule has 10 heteroatoms. The number of carbonyl (C=O) groups is 1. The van der Waals surface area contributed by atoms with E-state index in [2.05, 4.69) is 10.0 Å². The zero-order chi connectivity index (χ0) is 16.0. The number of nitro benzene ring substituents is 1. The molecule has 3 N–H and O–H groups in total. The van der Waals surface area contributed by atoms with E-state index in [1.54, 1.807) is 0 Å². The number of carboxylic acids is 1. The van der Waals surface area contributed by atoms with Gasteiger partial charge in [0.25, 0.3) is 5.69 Å². The van der Waals surface area contributed by atoms with Crippen molar-refractivity contribution in [3.63, 3.8) is 0 Å². The number of rotatable bonds is 7. The Labute approximate surface area is 118 Å². The predicted molar refractivity (Wildman–Crippen MR) is 69.7 cm³/mol. The normalized spacial score (nSPS) is 13.0. The van der Waals surface area contributed by atoms with E-state index < -0.39 is 39.9 Å². The number of nitrogens with zero attached hydrogens (tertiary/aromatic N) is 4. The number of hydrogen-bond donors (Lipinski definition) is 3. The fourth-order valence-electron chi connectivity index (χ4n) is 1.79. The van der Waals surface area contributed by atoms with Gasteiger partial charge in [0.2, 0.25) is 0 Å². The Kier molecular flexibility index (Phi) is 5.61.